The minimum absolute atomic E-state index is 0.156. The number of benzene rings is 9. The van der Waals surface area contributed by atoms with Crippen molar-refractivity contribution in [1.29, 1.82) is 0 Å². The van der Waals surface area contributed by atoms with Crippen molar-refractivity contribution in [2.45, 2.75) is 19.3 Å². The van der Waals surface area contributed by atoms with Gasteiger partial charge in [0.2, 0.25) is 0 Å². The number of aromatic nitrogens is 1. The summed E-state index contributed by atoms with van der Waals surface area (Å²) in [6.07, 6.45) is 0. The van der Waals surface area contributed by atoms with E-state index in [1.54, 1.807) is 0 Å². The van der Waals surface area contributed by atoms with E-state index in [1.165, 1.54) is 65.6 Å². The molecule has 0 amide bonds. The lowest BCUT2D eigenvalue weighted by molar-refractivity contribution is 0.632. The second kappa shape index (κ2) is 11.9. The lowest BCUT2D eigenvalue weighted by Gasteiger charge is -2.42. The topological polar surface area (TPSA) is 29.3 Å². The third kappa shape index (κ3) is 4.76. The Bertz CT molecular complexity index is 3410. The van der Waals surface area contributed by atoms with E-state index in [9.17, 15) is 0 Å². The Kier molecular flexibility index (Phi) is 6.68. The first kappa shape index (κ1) is 32.1. The summed E-state index contributed by atoms with van der Waals surface area (Å²) in [6.45, 7) is 4.66. The Morgan fingerprint density at radius 3 is 1.58 bits per heavy atom. The van der Waals surface area contributed by atoms with E-state index >= 15 is 0 Å². The summed E-state index contributed by atoms with van der Waals surface area (Å²) in [5.74, 6) is 0. The molecule has 3 heterocycles. The number of rotatable bonds is 3. The van der Waals surface area contributed by atoms with Gasteiger partial charge in [0.15, 0.2) is 0 Å². The van der Waals surface area contributed by atoms with Gasteiger partial charge in [-0.15, -0.1) is 0 Å². The lowest BCUT2D eigenvalue weighted by atomic mass is 9.73. The van der Waals surface area contributed by atoms with E-state index in [2.05, 4.69) is 201 Å². The molecule has 0 bridgehead atoms. The van der Waals surface area contributed by atoms with Crippen LogP contribution >= 0.6 is 0 Å². The normalized spacial score (nSPS) is 13.5. The van der Waals surface area contributed by atoms with Gasteiger partial charge in [0.1, 0.15) is 11.2 Å². The number of para-hydroxylation sites is 2. The molecule has 0 N–H and O–H groups in total. The van der Waals surface area contributed by atoms with Crippen molar-refractivity contribution in [3.8, 4) is 22.5 Å². The van der Waals surface area contributed by atoms with Crippen LogP contribution < -0.4 is 4.90 Å². The van der Waals surface area contributed by atoms with Gasteiger partial charge in [-0.05, 0) is 109 Å². The molecule has 0 fully saturated rings. The summed E-state index contributed by atoms with van der Waals surface area (Å²) >= 11 is 0. The number of nitrogens with zero attached hydrogens (tertiary/aromatic N) is 2. The SMILES string of the molecule is CC1(C)c2ccccc2N(c2cc(-c3ccc4ccccc4c3)nc(-c3ccc4c(c3)oc3cc5c6ccccc6c6ccccc6c5cc34)c2)c2ccccc21. The second-order valence-electron chi connectivity index (χ2n) is 16.0. The molecule has 2 aromatic heterocycles. The summed E-state index contributed by atoms with van der Waals surface area (Å²) < 4.78 is 6.77. The standard InChI is InChI=1S/C54H36N2O/c1-54(2)46-19-9-11-21-50(46)56(51-22-12-10-20-47(51)54)37-29-48(35-24-23-33-13-3-4-14-34(33)27-35)55-49(30-37)36-25-26-42-45-31-43-40-17-7-5-15-38(40)39-16-6-8-18-41(39)44(43)32-53(45)57-52(42)28-36/h3-32H,1-2H3. The molecule has 0 spiro atoms. The van der Waals surface area contributed by atoms with Crippen LogP contribution in [0.5, 0.6) is 0 Å². The molecule has 1 aliphatic heterocycles. The number of pyridine rings is 1. The molecule has 12 rings (SSSR count). The van der Waals surface area contributed by atoms with Gasteiger partial charge >= 0.3 is 0 Å². The van der Waals surface area contributed by atoms with Crippen LogP contribution in [0.3, 0.4) is 0 Å². The lowest BCUT2D eigenvalue weighted by Crippen LogP contribution is -2.30. The van der Waals surface area contributed by atoms with E-state index in [4.69, 9.17) is 9.40 Å². The predicted molar refractivity (Wildman–Crippen MR) is 239 cm³/mol. The summed E-state index contributed by atoms with van der Waals surface area (Å²) in [6, 6.07) is 65.9. The fraction of sp³-hybridized carbons (Fsp3) is 0.0556. The van der Waals surface area contributed by atoms with Gasteiger partial charge in [-0.1, -0.05) is 141 Å². The largest absolute Gasteiger partial charge is 0.456 e. The Hall–Kier alpha value is -7.23. The zero-order valence-electron chi connectivity index (χ0n) is 31.6. The quantitative estimate of drug-likeness (QED) is 0.170. The Balaban J connectivity index is 1.08. The average molecular weight is 729 g/mol. The van der Waals surface area contributed by atoms with Crippen LogP contribution in [0.1, 0.15) is 25.0 Å². The molecule has 11 aromatic rings. The number of furan rings is 1. The average Bonchev–Trinajstić information content (AvgIpc) is 3.62. The first-order chi connectivity index (χ1) is 28.0. The minimum atomic E-state index is -0.156. The van der Waals surface area contributed by atoms with Gasteiger partial charge in [0, 0.05) is 27.3 Å². The highest BCUT2D eigenvalue weighted by Gasteiger charge is 2.36. The molecule has 0 saturated heterocycles. The van der Waals surface area contributed by atoms with Crippen molar-refractivity contribution in [2.24, 2.45) is 0 Å². The van der Waals surface area contributed by atoms with E-state index in [0.29, 0.717) is 0 Å². The number of anilines is 3. The van der Waals surface area contributed by atoms with Crippen molar-refractivity contribution in [3.63, 3.8) is 0 Å². The highest BCUT2D eigenvalue weighted by molar-refractivity contribution is 6.28. The fourth-order valence-corrected chi connectivity index (χ4v) is 9.57. The van der Waals surface area contributed by atoms with E-state index < -0.39 is 0 Å². The number of hydrogen-bond acceptors (Lipinski definition) is 3. The Morgan fingerprint density at radius 1 is 0.404 bits per heavy atom. The molecule has 0 saturated carbocycles. The maximum atomic E-state index is 6.77. The third-order valence-electron chi connectivity index (χ3n) is 12.4. The van der Waals surface area contributed by atoms with E-state index in [-0.39, 0.29) is 5.41 Å². The monoisotopic (exact) mass is 728 g/mol. The maximum Gasteiger partial charge on any atom is 0.136 e. The van der Waals surface area contributed by atoms with Crippen LogP contribution in [0.25, 0.3) is 87.5 Å². The van der Waals surface area contributed by atoms with Crippen LogP contribution in [0.2, 0.25) is 0 Å². The zero-order chi connectivity index (χ0) is 37.8. The van der Waals surface area contributed by atoms with Gasteiger partial charge in [-0.3, -0.25) is 0 Å². The van der Waals surface area contributed by atoms with Crippen LogP contribution in [0.15, 0.2) is 186 Å². The van der Waals surface area contributed by atoms with Gasteiger partial charge in [-0.2, -0.15) is 0 Å². The molecule has 1 aliphatic rings. The van der Waals surface area contributed by atoms with Crippen molar-refractivity contribution < 1.29 is 4.42 Å². The highest BCUT2D eigenvalue weighted by atomic mass is 16.3. The molecule has 268 valence electrons. The Morgan fingerprint density at radius 2 is 0.912 bits per heavy atom. The van der Waals surface area contributed by atoms with Crippen LogP contribution in [0, 0.1) is 0 Å². The van der Waals surface area contributed by atoms with Gasteiger partial charge < -0.3 is 9.32 Å². The first-order valence-electron chi connectivity index (χ1n) is 19.7. The minimum Gasteiger partial charge on any atom is -0.456 e. The van der Waals surface area contributed by atoms with Gasteiger partial charge in [0.25, 0.3) is 0 Å². The molecular weight excluding hydrogens is 693 g/mol. The second-order valence-corrected chi connectivity index (χ2v) is 16.0. The van der Waals surface area contributed by atoms with E-state index in [0.717, 1.165) is 50.1 Å². The summed E-state index contributed by atoms with van der Waals surface area (Å²) in [7, 11) is 0. The smallest absolute Gasteiger partial charge is 0.136 e. The third-order valence-corrected chi connectivity index (χ3v) is 12.4. The Labute approximate surface area is 330 Å². The summed E-state index contributed by atoms with van der Waals surface area (Å²) in [5, 5.41) is 12.1. The molecule has 0 aliphatic carbocycles. The summed E-state index contributed by atoms with van der Waals surface area (Å²) in [4.78, 5) is 7.84. The van der Waals surface area contributed by atoms with Crippen molar-refractivity contribution >= 4 is 82.1 Å². The zero-order valence-corrected chi connectivity index (χ0v) is 31.6. The summed E-state index contributed by atoms with van der Waals surface area (Å²) in [5.41, 5.74) is 11.5. The van der Waals surface area contributed by atoms with Crippen LogP contribution in [-0.4, -0.2) is 4.98 Å². The molecule has 0 unspecified atom stereocenters. The molecule has 0 atom stereocenters. The molecular formula is C54H36N2O. The number of fused-ring (bicyclic) bond motifs is 12. The van der Waals surface area contributed by atoms with Crippen LogP contribution in [0.4, 0.5) is 17.1 Å². The fourth-order valence-electron chi connectivity index (χ4n) is 9.57. The maximum absolute atomic E-state index is 6.77. The van der Waals surface area contributed by atoms with Crippen molar-refractivity contribution in [1.82, 2.24) is 4.98 Å². The van der Waals surface area contributed by atoms with E-state index in [1.807, 2.05) is 0 Å². The van der Waals surface area contributed by atoms with Gasteiger partial charge in [-0.25, -0.2) is 4.98 Å². The predicted octanol–water partition coefficient (Wildman–Crippen LogP) is 15.0. The van der Waals surface area contributed by atoms with Crippen molar-refractivity contribution in [3.05, 3.63) is 193 Å². The first-order valence-corrected chi connectivity index (χ1v) is 19.7. The van der Waals surface area contributed by atoms with Crippen molar-refractivity contribution in [2.75, 3.05) is 4.90 Å². The highest BCUT2D eigenvalue weighted by Crippen LogP contribution is 2.52. The molecule has 3 nitrogen and oxygen atoms in total. The molecule has 57 heavy (non-hydrogen) atoms. The number of hydrogen-bond donors (Lipinski definition) is 0. The van der Waals surface area contributed by atoms with Gasteiger partial charge in [0.05, 0.1) is 28.5 Å². The molecule has 3 heteroatoms. The van der Waals surface area contributed by atoms with Crippen LogP contribution in [-0.2, 0) is 5.41 Å². The molecule has 9 aromatic carbocycles. The molecule has 0 radical (unpaired) electrons.